The largest absolute Gasteiger partial charge is 0.490 e. The molecule has 5 N–H and O–H groups in total. The highest BCUT2D eigenvalue weighted by Gasteiger charge is 2.42. The van der Waals surface area contributed by atoms with Crippen LogP contribution in [0.3, 0.4) is 0 Å². The molecule has 0 amide bonds. The van der Waals surface area contributed by atoms with Crippen LogP contribution in [-0.2, 0) is 20.7 Å². The van der Waals surface area contributed by atoms with Gasteiger partial charge in [-0.3, -0.25) is 4.98 Å². The van der Waals surface area contributed by atoms with Gasteiger partial charge in [0.15, 0.2) is 0 Å². The van der Waals surface area contributed by atoms with E-state index in [0.29, 0.717) is 0 Å². The molecule has 0 aliphatic heterocycles. The predicted octanol–water partition coefficient (Wildman–Crippen LogP) is 3.94. The summed E-state index contributed by atoms with van der Waals surface area (Å²) in [5.41, 5.74) is 9.64. The van der Waals surface area contributed by atoms with Gasteiger partial charge in [-0.15, -0.1) is 0 Å². The van der Waals surface area contributed by atoms with Crippen molar-refractivity contribution in [3.8, 4) is 11.1 Å². The molecule has 2 saturated carbocycles. The fourth-order valence-corrected chi connectivity index (χ4v) is 2.63. The number of aromatic nitrogens is 1. The van der Waals surface area contributed by atoms with Gasteiger partial charge in [0.05, 0.1) is 16.8 Å². The zero-order valence-electron chi connectivity index (χ0n) is 17.3. The number of halogens is 6. The third-order valence-electron chi connectivity index (χ3n) is 5.03. The molecule has 0 spiro atoms. The van der Waals surface area contributed by atoms with E-state index in [4.69, 9.17) is 25.5 Å². The van der Waals surface area contributed by atoms with E-state index in [1.54, 1.807) is 0 Å². The molecule has 0 radical (unpaired) electrons. The molecular weight excluding hydrogens is 474 g/mol. The highest BCUT2D eigenvalue weighted by Crippen LogP contribution is 2.45. The van der Waals surface area contributed by atoms with Crippen molar-refractivity contribution in [2.24, 2.45) is 5.73 Å². The lowest BCUT2D eigenvalue weighted by Gasteiger charge is -2.10. The topological polar surface area (TPSA) is 134 Å². The van der Waals surface area contributed by atoms with Crippen molar-refractivity contribution in [1.82, 2.24) is 4.98 Å². The van der Waals surface area contributed by atoms with Crippen LogP contribution in [0, 0.1) is 0 Å². The Balaban J connectivity index is 0.000000244. The minimum Gasteiger partial charge on any atom is -0.475 e. The second-order valence-electron chi connectivity index (χ2n) is 7.80. The number of rotatable bonds is 3. The second-order valence-corrected chi connectivity index (χ2v) is 7.80. The highest BCUT2D eigenvalue weighted by atomic mass is 19.4. The van der Waals surface area contributed by atoms with E-state index in [0.717, 1.165) is 48.1 Å². The molecule has 7 nitrogen and oxygen atoms in total. The van der Waals surface area contributed by atoms with Crippen LogP contribution < -0.4 is 5.73 Å². The Labute approximate surface area is 188 Å². The van der Waals surface area contributed by atoms with Gasteiger partial charge in [-0.05, 0) is 42.9 Å². The van der Waals surface area contributed by atoms with Gasteiger partial charge in [0.1, 0.15) is 0 Å². The summed E-state index contributed by atoms with van der Waals surface area (Å²) in [6.45, 7) is 0. The fourth-order valence-electron chi connectivity index (χ4n) is 2.63. The summed E-state index contributed by atoms with van der Waals surface area (Å²) >= 11 is 0. The van der Waals surface area contributed by atoms with Crippen LogP contribution >= 0.6 is 0 Å². The Hall–Kier alpha value is -3.19. The molecule has 2 aliphatic carbocycles. The van der Waals surface area contributed by atoms with E-state index in [9.17, 15) is 31.4 Å². The number of nitrogens with two attached hydrogens (primary N) is 1. The Morgan fingerprint density at radius 3 is 1.50 bits per heavy atom. The number of alkyl halides is 6. The predicted molar refractivity (Wildman–Crippen MR) is 105 cm³/mol. The van der Waals surface area contributed by atoms with Crippen molar-refractivity contribution in [2.75, 3.05) is 0 Å². The van der Waals surface area contributed by atoms with Crippen LogP contribution in [0.4, 0.5) is 26.3 Å². The lowest BCUT2D eigenvalue weighted by atomic mass is 10.0. The Kier molecular flexibility index (Phi) is 7.63. The minimum atomic E-state index is -5.08. The highest BCUT2D eigenvalue weighted by molar-refractivity contribution is 5.73. The van der Waals surface area contributed by atoms with Gasteiger partial charge in [-0.1, -0.05) is 30.3 Å². The average molecular weight is 494 g/mol. The summed E-state index contributed by atoms with van der Waals surface area (Å²) in [5, 5.41) is 24.3. The third kappa shape index (κ3) is 7.42. The molecule has 0 bridgehead atoms. The fraction of sp³-hybridized carbons (Fsp3) is 0.381. The Morgan fingerprint density at radius 2 is 1.21 bits per heavy atom. The Morgan fingerprint density at radius 1 is 0.794 bits per heavy atom. The summed E-state index contributed by atoms with van der Waals surface area (Å²) in [5.74, 6) is -5.51. The molecule has 0 unspecified atom stereocenters. The normalized spacial score (nSPS) is 17.3. The van der Waals surface area contributed by atoms with E-state index in [2.05, 4.69) is 23.2 Å². The van der Waals surface area contributed by atoms with Crippen molar-refractivity contribution in [2.45, 2.75) is 49.2 Å². The number of carboxylic acids is 2. The van der Waals surface area contributed by atoms with Crippen LogP contribution in [-0.4, -0.2) is 44.6 Å². The van der Waals surface area contributed by atoms with Crippen molar-refractivity contribution >= 4 is 11.9 Å². The monoisotopic (exact) mass is 494 g/mol. The van der Waals surface area contributed by atoms with E-state index < -0.39 is 29.9 Å². The van der Waals surface area contributed by atoms with Crippen LogP contribution in [0.1, 0.15) is 36.9 Å². The van der Waals surface area contributed by atoms with E-state index >= 15 is 0 Å². The molecule has 1 aromatic heterocycles. The number of hydrogen-bond donors (Lipinski definition) is 4. The van der Waals surface area contributed by atoms with Gasteiger partial charge in [0.25, 0.3) is 0 Å². The zero-order valence-corrected chi connectivity index (χ0v) is 17.3. The van der Waals surface area contributed by atoms with Gasteiger partial charge in [-0.25, -0.2) is 9.59 Å². The summed E-state index contributed by atoms with van der Waals surface area (Å²) in [6.07, 6.45) is -4.45. The van der Waals surface area contributed by atoms with Crippen molar-refractivity contribution in [3.63, 3.8) is 0 Å². The van der Waals surface area contributed by atoms with Gasteiger partial charge >= 0.3 is 24.3 Å². The number of carbonyl (C=O) groups is 2. The molecule has 186 valence electrons. The summed E-state index contributed by atoms with van der Waals surface area (Å²) in [6, 6.07) is 12.2. The SMILES string of the molecule is NC1(c2ccc(-c3ccc(C4(O)CC4)cc3)cn2)CC1.O=C(O)C(F)(F)F.O=C(O)C(F)(F)F. The standard InChI is InChI=1S/C17H18N2O.2C2HF3O2/c18-16(7-8-16)15-6-3-13(11-19-15)12-1-4-14(5-2-12)17(20)9-10-17;2*3-2(4,5)1(6)7/h1-6,11,20H,7-10,18H2;2*(H,6,7). The molecule has 2 fully saturated rings. The molecule has 13 heteroatoms. The van der Waals surface area contributed by atoms with Crippen molar-refractivity contribution in [3.05, 3.63) is 53.9 Å². The molecule has 0 saturated heterocycles. The lowest BCUT2D eigenvalue weighted by Crippen LogP contribution is -2.21. The second kappa shape index (κ2) is 9.58. The number of carboxylic acid groups (broad SMARTS) is 2. The first-order chi connectivity index (χ1) is 15.5. The van der Waals surface area contributed by atoms with Gasteiger partial charge in [-0.2, -0.15) is 26.3 Å². The van der Waals surface area contributed by atoms with Crippen molar-refractivity contribution < 1.29 is 51.3 Å². The minimum absolute atomic E-state index is 0.169. The maximum absolute atomic E-state index is 10.6. The average Bonchev–Trinajstić information content (AvgIpc) is 3.67. The van der Waals surface area contributed by atoms with E-state index in [1.165, 1.54) is 0 Å². The third-order valence-corrected chi connectivity index (χ3v) is 5.03. The van der Waals surface area contributed by atoms with E-state index in [-0.39, 0.29) is 5.54 Å². The smallest absolute Gasteiger partial charge is 0.475 e. The lowest BCUT2D eigenvalue weighted by molar-refractivity contribution is -0.193. The molecule has 1 heterocycles. The zero-order chi connectivity index (χ0) is 25.9. The molecule has 2 aromatic rings. The summed E-state index contributed by atoms with van der Waals surface area (Å²) < 4.78 is 63.5. The Bertz CT molecular complexity index is 928. The maximum atomic E-state index is 10.6. The first kappa shape index (κ1) is 27.1. The van der Waals surface area contributed by atoms with E-state index in [1.807, 2.05) is 24.4 Å². The van der Waals surface area contributed by atoms with Crippen molar-refractivity contribution in [1.29, 1.82) is 0 Å². The molecular formula is C21H20F6N2O5. The van der Waals surface area contributed by atoms with Crippen LogP contribution in [0.2, 0.25) is 0 Å². The first-order valence-corrected chi connectivity index (χ1v) is 9.67. The summed E-state index contributed by atoms with van der Waals surface area (Å²) in [4.78, 5) is 22.3. The number of benzene rings is 1. The number of nitrogens with zero attached hydrogens (tertiary/aromatic N) is 1. The molecule has 34 heavy (non-hydrogen) atoms. The molecule has 1 aromatic carbocycles. The molecule has 0 atom stereocenters. The van der Waals surface area contributed by atoms with Gasteiger partial charge in [0, 0.05) is 11.8 Å². The number of aliphatic carboxylic acids is 2. The molecule has 2 aliphatic rings. The van der Waals surface area contributed by atoms with Crippen LogP contribution in [0.15, 0.2) is 42.6 Å². The number of pyridine rings is 1. The van der Waals surface area contributed by atoms with Crippen LogP contribution in [0.5, 0.6) is 0 Å². The van der Waals surface area contributed by atoms with Crippen LogP contribution in [0.25, 0.3) is 11.1 Å². The maximum Gasteiger partial charge on any atom is 0.490 e. The first-order valence-electron chi connectivity index (χ1n) is 9.67. The molecule has 4 rings (SSSR count). The van der Waals surface area contributed by atoms with Gasteiger partial charge in [0.2, 0.25) is 0 Å². The number of aliphatic hydroxyl groups is 1. The summed E-state index contributed by atoms with van der Waals surface area (Å²) in [7, 11) is 0. The number of hydrogen-bond acceptors (Lipinski definition) is 5. The van der Waals surface area contributed by atoms with Gasteiger partial charge < -0.3 is 21.1 Å². The quantitative estimate of drug-likeness (QED) is 0.475.